The van der Waals surface area contributed by atoms with Crippen molar-refractivity contribution in [2.45, 2.75) is 6.04 Å². The Balaban J connectivity index is 2.17. The van der Waals surface area contributed by atoms with E-state index in [9.17, 15) is 0 Å². The normalized spacial score (nSPS) is 12.5. The zero-order valence-electron chi connectivity index (χ0n) is 10.7. The predicted octanol–water partition coefficient (Wildman–Crippen LogP) is 2.94. The van der Waals surface area contributed by atoms with E-state index < -0.39 is 0 Å². The van der Waals surface area contributed by atoms with Crippen molar-refractivity contribution in [1.29, 1.82) is 0 Å². The average molecular weight is 249 g/mol. The van der Waals surface area contributed by atoms with Gasteiger partial charge in [-0.2, -0.15) is 0 Å². The van der Waals surface area contributed by atoms with Crippen LogP contribution in [-0.2, 0) is 0 Å². The van der Waals surface area contributed by atoms with Crippen molar-refractivity contribution in [2.24, 2.45) is 0 Å². The fourth-order valence-electron chi connectivity index (χ4n) is 2.40. The van der Waals surface area contributed by atoms with Crippen molar-refractivity contribution in [1.82, 2.24) is 15.3 Å². The minimum atomic E-state index is 0.126. The van der Waals surface area contributed by atoms with Crippen LogP contribution in [-0.4, -0.2) is 17.0 Å². The summed E-state index contributed by atoms with van der Waals surface area (Å²) < 4.78 is 0. The first-order chi connectivity index (χ1) is 9.40. The summed E-state index contributed by atoms with van der Waals surface area (Å²) in [4.78, 5) is 8.83. The molecule has 1 atom stereocenters. The molecule has 0 radical (unpaired) electrons. The Kier molecular flexibility index (Phi) is 3.21. The van der Waals surface area contributed by atoms with Gasteiger partial charge in [-0.3, -0.25) is 9.97 Å². The number of fused-ring (bicyclic) bond motifs is 1. The van der Waals surface area contributed by atoms with Crippen molar-refractivity contribution in [3.8, 4) is 0 Å². The highest BCUT2D eigenvalue weighted by Gasteiger charge is 2.15. The second-order valence-electron chi connectivity index (χ2n) is 4.40. The van der Waals surface area contributed by atoms with Crippen LogP contribution in [0.5, 0.6) is 0 Å². The monoisotopic (exact) mass is 249 g/mol. The molecule has 1 unspecified atom stereocenters. The van der Waals surface area contributed by atoms with E-state index in [-0.39, 0.29) is 6.04 Å². The first kappa shape index (κ1) is 11.8. The SMILES string of the molecule is CNC(c1ccccc1)c1cccc2nccnc12. The van der Waals surface area contributed by atoms with Crippen molar-refractivity contribution >= 4 is 11.0 Å². The molecule has 3 heteroatoms. The van der Waals surface area contributed by atoms with Gasteiger partial charge in [-0.25, -0.2) is 0 Å². The van der Waals surface area contributed by atoms with Gasteiger partial charge in [0.2, 0.25) is 0 Å². The van der Waals surface area contributed by atoms with Crippen molar-refractivity contribution in [2.75, 3.05) is 7.05 Å². The Bertz CT molecular complexity index is 674. The first-order valence-electron chi connectivity index (χ1n) is 6.32. The van der Waals surface area contributed by atoms with Gasteiger partial charge in [-0.05, 0) is 18.7 Å². The number of para-hydroxylation sites is 1. The Labute approximate surface area is 112 Å². The second-order valence-corrected chi connectivity index (χ2v) is 4.40. The van der Waals surface area contributed by atoms with Gasteiger partial charge < -0.3 is 5.32 Å². The standard InChI is InChI=1S/C16H15N3/c1-17-15(12-6-3-2-4-7-12)13-8-5-9-14-16(13)19-11-10-18-14/h2-11,15,17H,1H3. The van der Waals surface area contributed by atoms with Crippen molar-refractivity contribution in [3.63, 3.8) is 0 Å². The van der Waals surface area contributed by atoms with Gasteiger partial charge in [0, 0.05) is 18.0 Å². The number of rotatable bonds is 3. The van der Waals surface area contributed by atoms with E-state index in [1.807, 2.05) is 25.2 Å². The molecule has 1 heterocycles. The lowest BCUT2D eigenvalue weighted by molar-refractivity contribution is 0.695. The number of benzene rings is 2. The summed E-state index contributed by atoms with van der Waals surface area (Å²) in [5.74, 6) is 0. The number of hydrogen-bond acceptors (Lipinski definition) is 3. The molecule has 0 saturated carbocycles. The topological polar surface area (TPSA) is 37.8 Å². The molecule has 0 aliphatic heterocycles. The molecule has 94 valence electrons. The molecular weight excluding hydrogens is 234 g/mol. The summed E-state index contributed by atoms with van der Waals surface area (Å²) in [6.07, 6.45) is 3.46. The van der Waals surface area contributed by atoms with Gasteiger partial charge in [0.1, 0.15) is 0 Å². The van der Waals surface area contributed by atoms with E-state index >= 15 is 0 Å². The number of hydrogen-bond donors (Lipinski definition) is 1. The molecule has 3 nitrogen and oxygen atoms in total. The molecule has 19 heavy (non-hydrogen) atoms. The van der Waals surface area contributed by atoms with E-state index in [1.54, 1.807) is 12.4 Å². The molecule has 1 N–H and O–H groups in total. The van der Waals surface area contributed by atoms with E-state index in [0.717, 1.165) is 16.6 Å². The van der Waals surface area contributed by atoms with E-state index in [4.69, 9.17) is 0 Å². The molecule has 0 fully saturated rings. The van der Waals surface area contributed by atoms with Crippen LogP contribution >= 0.6 is 0 Å². The number of nitrogens with zero attached hydrogens (tertiary/aromatic N) is 2. The van der Waals surface area contributed by atoms with Crippen LogP contribution in [0.1, 0.15) is 17.2 Å². The molecule has 0 amide bonds. The van der Waals surface area contributed by atoms with Crippen LogP contribution in [0.3, 0.4) is 0 Å². The predicted molar refractivity (Wildman–Crippen MR) is 76.9 cm³/mol. The van der Waals surface area contributed by atoms with Crippen LogP contribution in [0, 0.1) is 0 Å². The summed E-state index contributed by atoms with van der Waals surface area (Å²) in [6.45, 7) is 0. The summed E-state index contributed by atoms with van der Waals surface area (Å²) >= 11 is 0. The van der Waals surface area contributed by atoms with Crippen molar-refractivity contribution < 1.29 is 0 Å². The minimum absolute atomic E-state index is 0.126. The number of nitrogens with one attached hydrogen (secondary N) is 1. The lowest BCUT2D eigenvalue weighted by atomic mass is 9.97. The fraction of sp³-hybridized carbons (Fsp3) is 0.125. The largest absolute Gasteiger partial charge is 0.309 e. The van der Waals surface area contributed by atoms with Crippen LogP contribution in [0.25, 0.3) is 11.0 Å². The Morgan fingerprint density at radius 2 is 1.68 bits per heavy atom. The van der Waals surface area contributed by atoms with E-state index in [2.05, 4.69) is 45.6 Å². The fourth-order valence-corrected chi connectivity index (χ4v) is 2.40. The molecule has 0 spiro atoms. The maximum absolute atomic E-state index is 4.47. The van der Waals surface area contributed by atoms with Gasteiger partial charge >= 0.3 is 0 Å². The molecule has 0 aliphatic carbocycles. The molecular formula is C16H15N3. The first-order valence-corrected chi connectivity index (χ1v) is 6.32. The zero-order valence-corrected chi connectivity index (χ0v) is 10.7. The van der Waals surface area contributed by atoms with Crippen LogP contribution in [0.4, 0.5) is 0 Å². The Morgan fingerprint density at radius 3 is 2.47 bits per heavy atom. The summed E-state index contributed by atoms with van der Waals surface area (Å²) in [5.41, 5.74) is 4.26. The van der Waals surface area contributed by atoms with Crippen LogP contribution in [0.2, 0.25) is 0 Å². The minimum Gasteiger partial charge on any atom is -0.309 e. The highest BCUT2D eigenvalue weighted by molar-refractivity contribution is 5.78. The molecule has 0 aliphatic rings. The second kappa shape index (κ2) is 5.16. The maximum atomic E-state index is 4.47. The highest BCUT2D eigenvalue weighted by atomic mass is 14.9. The molecule has 3 rings (SSSR count). The molecule has 0 saturated heterocycles. The lowest BCUT2D eigenvalue weighted by Gasteiger charge is -2.18. The Hall–Kier alpha value is -2.26. The van der Waals surface area contributed by atoms with Gasteiger partial charge in [-0.15, -0.1) is 0 Å². The quantitative estimate of drug-likeness (QED) is 0.775. The third-order valence-electron chi connectivity index (χ3n) is 3.26. The van der Waals surface area contributed by atoms with Gasteiger partial charge in [0.15, 0.2) is 0 Å². The third kappa shape index (κ3) is 2.20. The smallest absolute Gasteiger partial charge is 0.0937 e. The van der Waals surface area contributed by atoms with Crippen molar-refractivity contribution in [3.05, 3.63) is 72.1 Å². The maximum Gasteiger partial charge on any atom is 0.0937 e. The Morgan fingerprint density at radius 1 is 0.895 bits per heavy atom. The zero-order chi connectivity index (χ0) is 13.1. The molecule has 0 bridgehead atoms. The summed E-state index contributed by atoms with van der Waals surface area (Å²) in [7, 11) is 1.97. The highest BCUT2D eigenvalue weighted by Crippen LogP contribution is 2.26. The van der Waals surface area contributed by atoms with Gasteiger partial charge in [0.05, 0.1) is 17.1 Å². The van der Waals surface area contributed by atoms with E-state index in [1.165, 1.54) is 5.56 Å². The average Bonchev–Trinajstić information content (AvgIpc) is 2.49. The summed E-state index contributed by atoms with van der Waals surface area (Å²) in [5, 5.41) is 3.36. The number of aromatic nitrogens is 2. The molecule has 3 aromatic rings. The van der Waals surface area contributed by atoms with Gasteiger partial charge in [-0.1, -0.05) is 42.5 Å². The third-order valence-corrected chi connectivity index (χ3v) is 3.26. The molecule has 1 aromatic heterocycles. The van der Waals surface area contributed by atoms with Crippen LogP contribution < -0.4 is 5.32 Å². The van der Waals surface area contributed by atoms with Gasteiger partial charge in [0.25, 0.3) is 0 Å². The molecule has 2 aromatic carbocycles. The van der Waals surface area contributed by atoms with Crippen LogP contribution in [0.15, 0.2) is 60.9 Å². The summed E-state index contributed by atoms with van der Waals surface area (Å²) in [6, 6.07) is 16.6. The van der Waals surface area contributed by atoms with E-state index in [0.29, 0.717) is 0 Å². The lowest BCUT2D eigenvalue weighted by Crippen LogP contribution is -2.18.